The molecule has 7 heteroatoms. The van der Waals surface area contributed by atoms with Crippen LogP contribution < -0.4 is 10.2 Å². The van der Waals surface area contributed by atoms with Gasteiger partial charge < -0.3 is 10.2 Å². The van der Waals surface area contributed by atoms with Gasteiger partial charge in [-0.3, -0.25) is 24.4 Å². The van der Waals surface area contributed by atoms with Crippen LogP contribution in [0.3, 0.4) is 0 Å². The molecule has 0 spiro atoms. The van der Waals surface area contributed by atoms with E-state index in [0.717, 1.165) is 56.9 Å². The average Bonchev–Trinajstić information content (AvgIpc) is 2.76. The summed E-state index contributed by atoms with van der Waals surface area (Å²) < 4.78 is 0. The standard InChI is InChI=1S/C22H27N5O2/c28-21(24-18-8-10-23-11-9-18)17-25-13-15-26(16-14-25)20-7-4-12-27(22(20)29)19-5-2-1-3-6-19/h1-3,5-6,8-11,20H,4,7,12-17H2,(H,23,24,28)/t20-/m1/s1. The molecule has 1 atom stereocenters. The lowest BCUT2D eigenvalue weighted by atomic mass is 10.0. The fourth-order valence-corrected chi connectivity index (χ4v) is 4.13. The minimum atomic E-state index is -0.0586. The van der Waals surface area contributed by atoms with E-state index in [9.17, 15) is 9.59 Å². The van der Waals surface area contributed by atoms with Crippen LogP contribution in [0.15, 0.2) is 54.9 Å². The van der Waals surface area contributed by atoms with Crippen molar-refractivity contribution in [1.82, 2.24) is 14.8 Å². The van der Waals surface area contributed by atoms with E-state index in [1.165, 1.54) is 0 Å². The summed E-state index contributed by atoms with van der Waals surface area (Å²) in [6, 6.07) is 13.4. The monoisotopic (exact) mass is 393 g/mol. The molecule has 2 saturated heterocycles. The first kappa shape index (κ1) is 19.5. The van der Waals surface area contributed by atoms with Crippen molar-refractivity contribution in [3.8, 4) is 0 Å². The molecule has 152 valence electrons. The van der Waals surface area contributed by atoms with Crippen LogP contribution in [0.4, 0.5) is 11.4 Å². The molecule has 0 bridgehead atoms. The molecule has 2 fully saturated rings. The third-order valence-electron chi connectivity index (χ3n) is 5.66. The van der Waals surface area contributed by atoms with Crippen LogP contribution in [0.5, 0.6) is 0 Å². The number of rotatable bonds is 5. The van der Waals surface area contributed by atoms with E-state index in [4.69, 9.17) is 0 Å². The number of benzene rings is 1. The first-order valence-corrected chi connectivity index (χ1v) is 10.2. The lowest BCUT2D eigenvalue weighted by Gasteiger charge is -2.42. The van der Waals surface area contributed by atoms with Crippen LogP contribution in [0.1, 0.15) is 12.8 Å². The number of carbonyl (C=O) groups is 2. The molecular formula is C22H27N5O2. The summed E-state index contributed by atoms with van der Waals surface area (Å²) in [4.78, 5) is 35.7. The number of carbonyl (C=O) groups excluding carboxylic acids is 2. The van der Waals surface area contributed by atoms with Gasteiger partial charge in [0.25, 0.3) is 0 Å². The Morgan fingerprint density at radius 2 is 1.72 bits per heavy atom. The smallest absolute Gasteiger partial charge is 0.244 e. The van der Waals surface area contributed by atoms with Crippen molar-refractivity contribution in [3.63, 3.8) is 0 Å². The Hall–Kier alpha value is -2.77. The fourth-order valence-electron chi connectivity index (χ4n) is 4.13. The number of piperidine rings is 1. The lowest BCUT2D eigenvalue weighted by Crippen LogP contribution is -2.58. The quantitative estimate of drug-likeness (QED) is 0.840. The number of piperazine rings is 1. The van der Waals surface area contributed by atoms with Gasteiger partial charge in [-0.2, -0.15) is 0 Å². The van der Waals surface area contributed by atoms with Crippen molar-refractivity contribution in [2.45, 2.75) is 18.9 Å². The van der Waals surface area contributed by atoms with E-state index >= 15 is 0 Å². The number of aromatic nitrogens is 1. The number of anilines is 2. The topological polar surface area (TPSA) is 68.8 Å². The Balaban J connectivity index is 1.29. The molecule has 0 aliphatic carbocycles. The van der Waals surface area contributed by atoms with Crippen LogP contribution in [0.2, 0.25) is 0 Å². The van der Waals surface area contributed by atoms with E-state index in [1.54, 1.807) is 24.5 Å². The van der Waals surface area contributed by atoms with E-state index in [0.29, 0.717) is 6.54 Å². The highest BCUT2D eigenvalue weighted by Crippen LogP contribution is 2.24. The largest absolute Gasteiger partial charge is 0.325 e. The lowest BCUT2D eigenvalue weighted by molar-refractivity contribution is -0.127. The van der Waals surface area contributed by atoms with Crippen molar-refractivity contribution in [1.29, 1.82) is 0 Å². The minimum Gasteiger partial charge on any atom is -0.325 e. The van der Waals surface area contributed by atoms with Gasteiger partial charge >= 0.3 is 0 Å². The Bertz CT molecular complexity index is 822. The molecule has 2 aromatic rings. The van der Waals surface area contributed by atoms with Crippen molar-refractivity contribution in [2.75, 3.05) is 49.5 Å². The second-order valence-electron chi connectivity index (χ2n) is 7.58. The molecule has 7 nitrogen and oxygen atoms in total. The third-order valence-corrected chi connectivity index (χ3v) is 5.66. The number of para-hydroxylation sites is 1. The zero-order valence-corrected chi connectivity index (χ0v) is 16.5. The molecule has 3 heterocycles. The van der Waals surface area contributed by atoms with Gasteiger partial charge in [0.15, 0.2) is 0 Å². The van der Waals surface area contributed by atoms with Crippen molar-refractivity contribution in [2.24, 2.45) is 0 Å². The van der Waals surface area contributed by atoms with Gasteiger partial charge in [0.05, 0.1) is 12.6 Å². The highest BCUT2D eigenvalue weighted by atomic mass is 16.2. The van der Waals surface area contributed by atoms with Gasteiger partial charge in [0, 0.05) is 56.5 Å². The predicted octanol–water partition coefficient (Wildman–Crippen LogP) is 1.83. The fraction of sp³-hybridized carbons (Fsp3) is 0.409. The summed E-state index contributed by atoms with van der Waals surface area (Å²) in [6.07, 6.45) is 5.24. The summed E-state index contributed by atoms with van der Waals surface area (Å²) in [5.41, 5.74) is 1.74. The molecular weight excluding hydrogens is 366 g/mol. The second-order valence-corrected chi connectivity index (χ2v) is 7.58. The van der Waals surface area contributed by atoms with Gasteiger partial charge in [-0.05, 0) is 37.1 Å². The highest BCUT2D eigenvalue weighted by Gasteiger charge is 2.35. The zero-order chi connectivity index (χ0) is 20.1. The molecule has 2 aliphatic heterocycles. The summed E-state index contributed by atoms with van der Waals surface area (Å²) in [7, 11) is 0. The summed E-state index contributed by atoms with van der Waals surface area (Å²) in [6.45, 7) is 4.35. The number of hydrogen-bond acceptors (Lipinski definition) is 5. The van der Waals surface area contributed by atoms with Gasteiger partial charge in [0.1, 0.15) is 0 Å². The van der Waals surface area contributed by atoms with Crippen LogP contribution in [-0.2, 0) is 9.59 Å². The highest BCUT2D eigenvalue weighted by molar-refractivity contribution is 5.98. The molecule has 2 amide bonds. The minimum absolute atomic E-state index is 0.0198. The van der Waals surface area contributed by atoms with Crippen LogP contribution in [-0.4, -0.2) is 71.9 Å². The molecule has 1 aromatic heterocycles. The molecule has 29 heavy (non-hydrogen) atoms. The van der Waals surface area contributed by atoms with E-state index < -0.39 is 0 Å². The van der Waals surface area contributed by atoms with Crippen molar-refractivity contribution in [3.05, 3.63) is 54.9 Å². The Kier molecular flexibility index (Phi) is 6.17. The average molecular weight is 393 g/mol. The molecule has 1 N–H and O–H groups in total. The van der Waals surface area contributed by atoms with Crippen LogP contribution in [0.25, 0.3) is 0 Å². The van der Waals surface area contributed by atoms with E-state index in [2.05, 4.69) is 20.1 Å². The van der Waals surface area contributed by atoms with Crippen LogP contribution in [0, 0.1) is 0 Å². The first-order chi connectivity index (χ1) is 14.2. The maximum absolute atomic E-state index is 13.1. The van der Waals surface area contributed by atoms with E-state index in [1.807, 2.05) is 35.2 Å². The summed E-state index contributed by atoms with van der Waals surface area (Å²) >= 11 is 0. The van der Waals surface area contributed by atoms with Gasteiger partial charge in [-0.15, -0.1) is 0 Å². The molecule has 2 aliphatic rings. The predicted molar refractivity (Wildman–Crippen MR) is 113 cm³/mol. The maximum atomic E-state index is 13.1. The van der Waals surface area contributed by atoms with Crippen molar-refractivity contribution < 1.29 is 9.59 Å². The summed E-state index contributed by atoms with van der Waals surface area (Å²) in [5, 5.41) is 2.90. The van der Waals surface area contributed by atoms with E-state index in [-0.39, 0.29) is 17.9 Å². The SMILES string of the molecule is O=C(CN1CCN([C@@H]2CCCN(c3ccccc3)C2=O)CC1)Nc1ccncc1. The number of nitrogens with zero attached hydrogens (tertiary/aromatic N) is 4. The van der Waals surface area contributed by atoms with Gasteiger partial charge in [-0.1, -0.05) is 18.2 Å². The van der Waals surface area contributed by atoms with Crippen molar-refractivity contribution >= 4 is 23.2 Å². The first-order valence-electron chi connectivity index (χ1n) is 10.2. The zero-order valence-electron chi connectivity index (χ0n) is 16.5. The number of pyridine rings is 1. The molecule has 0 unspecified atom stereocenters. The Labute approximate surface area is 171 Å². The summed E-state index contributed by atoms with van der Waals surface area (Å²) in [5.74, 6) is 0.181. The Morgan fingerprint density at radius 1 is 1.00 bits per heavy atom. The number of amides is 2. The van der Waals surface area contributed by atoms with Crippen LogP contribution >= 0.6 is 0 Å². The maximum Gasteiger partial charge on any atom is 0.244 e. The van der Waals surface area contributed by atoms with Gasteiger partial charge in [0.2, 0.25) is 11.8 Å². The molecule has 0 radical (unpaired) electrons. The third kappa shape index (κ3) is 4.81. The normalized spacial score (nSPS) is 21.2. The number of hydrogen-bond donors (Lipinski definition) is 1. The molecule has 0 saturated carbocycles. The molecule has 4 rings (SSSR count). The second kappa shape index (κ2) is 9.15. The van der Waals surface area contributed by atoms with Gasteiger partial charge in [-0.25, -0.2) is 0 Å². The Morgan fingerprint density at radius 3 is 2.45 bits per heavy atom. The molecule has 1 aromatic carbocycles. The number of nitrogens with one attached hydrogen (secondary N) is 1.